The minimum atomic E-state index is -1.26. The third kappa shape index (κ3) is 5.68. The lowest BCUT2D eigenvalue weighted by Gasteiger charge is -2.12. The monoisotopic (exact) mass is 480 g/mol. The number of para-hydroxylation sites is 2. The van der Waals surface area contributed by atoms with E-state index in [0.717, 1.165) is 6.07 Å². The van der Waals surface area contributed by atoms with E-state index in [2.05, 4.69) is 10.5 Å². The molecule has 12 nitrogen and oxygen atoms in total. The number of carbonyl (C=O) groups is 3. The van der Waals surface area contributed by atoms with Crippen LogP contribution in [0.25, 0.3) is 5.69 Å². The predicted octanol–water partition coefficient (Wildman–Crippen LogP) is 2.93. The van der Waals surface area contributed by atoms with Gasteiger partial charge in [-0.3, -0.25) is 14.9 Å². The van der Waals surface area contributed by atoms with E-state index in [1.807, 2.05) is 0 Å². The van der Waals surface area contributed by atoms with E-state index in [0.29, 0.717) is 22.6 Å². The van der Waals surface area contributed by atoms with Crippen LogP contribution in [0.15, 0.2) is 53.6 Å². The van der Waals surface area contributed by atoms with Crippen LogP contribution in [-0.4, -0.2) is 50.4 Å². The molecule has 0 aliphatic rings. The molecule has 180 valence electrons. The molecule has 1 aromatic heterocycles. The summed E-state index contributed by atoms with van der Waals surface area (Å²) < 4.78 is 6.87. The lowest BCUT2D eigenvalue weighted by atomic mass is 10.1. The Kier molecular flexibility index (Phi) is 7.25. The molecule has 0 fully saturated rings. The first-order valence-electron chi connectivity index (χ1n) is 10.1. The Morgan fingerprint density at radius 2 is 1.71 bits per heavy atom. The average molecular weight is 480 g/mol. The molecule has 35 heavy (non-hydrogen) atoms. The number of benzene rings is 2. The van der Waals surface area contributed by atoms with Crippen LogP contribution in [0.2, 0.25) is 0 Å². The Balaban J connectivity index is 1.75. The summed E-state index contributed by atoms with van der Waals surface area (Å²) in [5.41, 5.74) is 3.88. The number of hydrogen-bond acceptors (Lipinski definition) is 7. The number of carboxylic acids is 2. The number of hydrazone groups is 1. The number of carbonyl (C=O) groups excluding carboxylic acids is 1. The largest absolute Gasteiger partial charge is 0.478 e. The molecule has 12 heteroatoms. The summed E-state index contributed by atoms with van der Waals surface area (Å²) in [6.45, 7) is 2.97. The van der Waals surface area contributed by atoms with Crippen molar-refractivity contribution in [1.82, 2.24) is 9.99 Å². The Morgan fingerprint density at radius 3 is 2.31 bits per heavy atom. The predicted molar refractivity (Wildman–Crippen MR) is 123 cm³/mol. The molecule has 1 heterocycles. The number of nitrogens with zero attached hydrogens (tertiary/aromatic N) is 3. The zero-order valence-corrected chi connectivity index (χ0v) is 18.6. The number of carboxylic acid groups (broad SMARTS) is 2. The molecule has 0 saturated carbocycles. The van der Waals surface area contributed by atoms with Gasteiger partial charge >= 0.3 is 17.6 Å². The first-order valence-corrected chi connectivity index (χ1v) is 10.1. The fourth-order valence-electron chi connectivity index (χ4n) is 3.38. The number of aryl methyl sites for hydroxylation is 1. The van der Waals surface area contributed by atoms with Crippen molar-refractivity contribution in [2.24, 2.45) is 5.10 Å². The standard InChI is InChI=1S/C23H20N4O8/c1-13-7-17(11-24-25-21(28)12-35-20-6-4-3-5-19(20)27(33)34)14(2)26(13)18-9-15(22(29)30)8-16(10-18)23(31)32/h3-11H,12H2,1-2H3,(H,25,28)(H,29,30)(H,31,32)/b24-11+. The minimum absolute atomic E-state index is 0.0514. The number of aromatic nitrogens is 1. The Hall–Kier alpha value is -5.00. The molecular formula is C23H20N4O8. The van der Waals surface area contributed by atoms with E-state index in [9.17, 15) is 34.7 Å². The summed E-state index contributed by atoms with van der Waals surface area (Å²) >= 11 is 0. The third-order valence-electron chi connectivity index (χ3n) is 4.95. The van der Waals surface area contributed by atoms with Gasteiger partial charge in [0.1, 0.15) is 0 Å². The van der Waals surface area contributed by atoms with E-state index in [1.165, 1.54) is 36.5 Å². The van der Waals surface area contributed by atoms with Gasteiger partial charge in [0.05, 0.1) is 22.3 Å². The number of hydrogen-bond donors (Lipinski definition) is 3. The molecule has 2 aromatic carbocycles. The van der Waals surface area contributed by atoms with Gasteiger partial charge < -0.3 is 19.5 Å². The van der Waals surface area contributed by atoms with Crippen LogP contribution in [0.4, 0.5) is 5.69 Å². The van der Waals surface area contributed by atoms with Gasteiger partial charge in [0.25, 0.3) is 5.91 Å². The second kappa shape index (κ2) is 10.3. The second-order valence-corrected chi connectivity index (χ2v) is 7.35. The lowest BCUT2D eigenvalue weighted by Crippen LogP contribution is -2.24. The van der Waals surface area contributed by atoms with E-state index >= 15 is 0 Å². The first-order chi connectivity index (χ1) is 16.6. The van der Waals surface area contributed by atoms with Crippen molar-refractivity contribution in [3.05, 3.63) is 86.7 Å². The van der Waals surface area contributed by atoms with Gasteiger partial charge in [0, 0.05) is 28.7 Å². The second-order valence-electron chi connectivity index (χ2n) is 7.35. The van der Waals surface area contributed by atoms with Crippen LogP contribution in [0, 0.1) is 24.0 Å². The maximum Gasteiger partial charge on any atom is 0.335 e. The molecule has 3 aromatic rings. The summed E-state index contributed by atoms with van der Waals surface area (Å²) in [7, 11) is 0. The average Bonchev–Trinajstić information content (AvgIpc) is 3.10. The maximum atomic E-state index is 12.0. The molecule has 0 bridgehead atoms. The molecule has 0 radical (unpaired) electrons. The fraction of sp³-hybridized carbons (Fsp3) is 0.130. The van der Waals surface area contributed by atoms with Crippen LogP contribution in [0.1, 0.15) is 37.7 Å². The summed E-state index contributed by atoms with van der Waals surface area (Å²) in [4.78, 5) is 45.3. The number of nitro benzene ring substituents is 1. The molecule has 0 aliphatic carbocycles. The Bertz CT molecular complexity index is 1330. The van der Waals surface area contributed by atoms with Crippen molar-refractivity contribution < 1.29 is 34.3 Å². The highest BCUT2D eigenvalue weighted by Crippen LogP contribution is 2.25. The van der Waals surface area contributed by atoms with E-state index in [1.54, 1.807) is 30.5 Å². The normalized spacial score (nSPS) is 10.8. The highest BCUT2D eigenvalue weighted by molar-refractivity contribution is 5.95. The molecule has 0 spiro atoms. The zero-order valence-electron chi connectivity index (χ0n) is 18.6. The molecule has 1 amide bonds. The summed E-state index contributed by atoms with van der Waals surface area (Å²) in [5.74, 6) is -3.22. The van der Waals surface area contributed by atoms with Gasteiger partial charge in [-0.25, -0.2) is 15.0 Å². The van der Waals surface area contributed by atoms with Crippen molar-refractivity contribution in [2.75, 3.05) is 6.61 Å². The number of nitro groups is 1. The van der Waals surface area contributed by atoms with Crippen LogP contribution in [0.5, 0.6) is 5.75 Å². The van der Waals surface area contributed by atoms with Crippen molar-refractivity contribution in [2.45, 2.75) is 13.8 Å². The third-order valence-corrected chi connectivity index (χ3v) is 4.95. The molecule has 0 atom stereocenters. The molecule has 3 N–H and O–H groups in total. The minimum Gasteiger partial charge on any atom is -0.478 e. The van der Waals surface area contributed by atoms with Crippen molar-refractivity contribution in [3.63, 3.8) is 0 Å². The number of amides is 1. The quantitative estimate of drug-likeness (QED) is 0.238. The van der Waals surface area contributed by atoms with Gasteiger partial charge in [0.2, 0.25) is 0 Å². The number of rotatable bonds is 9. The van der Waals surface area contributed by atoms with Crippen LogP contribution < -0.4 is 10.2 Å². The Labute approximate surface area is 198 Å². The SMILES string of the molecule is Cc1cc(/C=N/NC(=O)COc2ccccc2[N+](=O)[O-])c(C)n1-c1cc(C(=O)O)cc(C(=O)O)c1. The maximum absolute atomic E-state index is 12.0. The van der Waals surface area contributed by atoms with Crippen LogP contribution in [-0.2, 0) is 4.79 Å². The highest BCUT2D eigenvalue weighted by atomic mass is 16.6. The van der Waals surface area contributed by atoms with Gasteiger partial charge in [0.15, 0.2) is 12.4 Å². The highest BCUT2D eigenvalue weighted by Gasteiger charge is 2.17. The number of ether oxygens (including phenoxy) is 1. The first kappa shape index (κ1) is 24.6. The van der Waals surface area contributed by atoms with Crippen molar-refractivity contribution in [3.8, 4) is 11.4 Å². The number of aromatic carboxylic acids is 2. The summed E-state index contributed by atoms with van der Waals surface area (Å²) in [6.07, 6.45) is 1.36. The van der Waals surface area contributed by atoms with Crippen molar-refractivity contribution in [1.29, 1.82) is 0 Å². The Morgan fingerprint density at radius 1 is 1.09 bits per heavy atom. The molecule has 0 aliphatic heterocycles. The molecular weight excluding hydrogens is 460 g/mol. The topological polar surface area (TPSA) is 173 Å². The zero-order chi connectivity index (χ0) is 25.7. The number of nitrogens with one attached hydrogen (secondary N) is 1. The van der Waals surface area contributed by atoms with Crippen LogP contribution >= 0.6 is 0 Å². The van der Waals surface area contributed by atoms with Gasteiger partial charge in [-0.05, 0) is 44.2 Å². The molecule has 0 unspecified atom stereocenters. The van der Waals surface area contributed by atoms with Crippen LogP contribution in [0.3, 0.4) is 0 Å². The van der Waals surface area contributed by atoms with E-state index < -0.39 is 29.4 Å². The van der Waals surface area contributed by atoms with E-state index in [4.69, 9.17) is 4.74 Å². The smallest absolute Gasteiger partial charge is 0.335 e. The molecule has 3 rings (SSSR count). The van der Waals surface area contributed by atoms with Gasteiger partial charge in [-0.15, -0.1) is 0 Å². The summed E-state index contributed by atoms with van der Waals surface area (Å²) in [5, 5.41) is 33.5. The van der Waals surface area contributed by atoms with Crippen molar-refractivity contribution >= 4 is 29.7 Å². The summed E-state index contributed by atoms with van der Waals surface area (Å²) in [6, 6.07) is 11.2. The lowest BCUT2D eigenvalue weighted by molar-refractivity contribution is -0.385. The molecule has 0 saturated heterocycles. The fourth-order valence-corrected chi connectivity index (χ4v) is 3.38. The van der Waals surface area contributed by atoms with E-state index in [-0.39, 0.29) is 22.6 Å². The van der Waals surface area contributed by atoms with Gasteiger partial charge in [-0.2, -0.15) is 5.10 Å². The van der Waals surface area contributed by atoms with Gasteiger partial charge in [-0.1, -0.05) is 12.1 Å².